The fraction of sp³-hybridized carbons (Fsp3) is 0.250. The van der Waals surface area contributed by atoms with Crippen LogP contribution in [0.25, 0.3) is 0 Å². The molecule has 0 saturated heterocycles. The lowest BCUT2D eigenvalue weighted by Crippen LogP contribution is -2.24. The smallest absolute Gasteiger partial charge is 0.270 e. The Morgan fingerprint density at radius 1 is 1.56 bits per heavy atom. The van der Waals surface area contributed by atoms with E-state index in [1.807, 2.05) is 13.0 Å². The molecule has 0 spiro atoms. The number of aromatic nitrogens is 3. The lowest BCUT2D eigenvalue weighted by Gasteiger charge is -2.06. The van der Waals surface area contributed by atoms with Gasteiger partial charge >= 0.3 is 0 Å². The molecular formula is C12H15N5O. The number of nitrogen functional groups attached to an aromatic ring is 1. The van der Waals surface area contributed by atoms with E-state index in [2.05, 4.69) is 15.4 Å². The second-order valence-electron chi connectivity index (χ2n) is 4.03. The van der Waals surface area contributed by atoms with Crippen molar-refractivity contribution < 1.29 is 4.79 Å². The summed E-state index contributed by atoms with van der Waals surface area (Å²) in [4.78, 5) is 16.0. The van der Waals surface area contributed by atoms with Gasteiger partial charge in [0.15, 0.2) is 0 Å². The van der Waals surface area contributed by atoms with E-state index in [1.54, 1.807) is 30.2 Å². The minimum Gasteiger partial charge on any atom is -0.384 e. The number of hydrogen-bond donors (Lipinski definition) is 2. The molecule has 0 aliphatic carbocycles. The van der Waals surface area contributed by atoms with E-state index in [4.69, 9.17) is 5.73 Å². The summed E-state index contributed by atoms with van der Waals surface area (Å²) >= 11 is 0. The van der Waals surface area contributed by atoms with Gasteiger partial charge < -0.3 is 11.1 Å². The second-order valence-corrected chi connectivity index (χ2v) is 4.03. The molecule has 0 bridgehead atoms. The lowest BCUT2D eigenvalue weighted by atomic mass is 10.2. The lowest BCUT2D eigenvalue weighted by molar-refractivity contribution is 0.0945. The molecule has 18 heavy (non-hydrogen) atoms. The summed E-state index contributed by atoms with van der Waals surface area (Å²) in [6.45, 7) is 2.19. The number of carbonyl (C=O) groups is 1. The zero-order valence-corrected chi connectivity index (χ0v) is 10.3. The molecule has 2 rings (SSSR count). The number of amides is 1. The zero-order valence-electron chi connectivity index (χ0n) is 10.3. The van der Waals surface area contributed by atoms with Crippen molar-refractivity contribution in [3.05, 3.63) is 41.3 Å². The summed E-state index contributed by atoms with van der Waals surface area (Å²) in [6.07, 6.45) is 3.24. The highest BCUT2D eigenvalue weighted by Gasteiger charge is 2.11. The summed E-state index contributed by atoms with van der Waals surface area (Å²) in [6, 6.07) is 3.64. The number of carbonyl (C=O) groups excluding carboxylic acids is 1. The molecular weight excluding hydrogens is 230 g/mol. The predicted molar refractivity (Wildman–Crippen MR) is 67.8 cm³/mol. The van der Waals surface area contributed by atoms with Crippen LogP contribution in [-0.4, -0.2) is 20.7 Å². The SMILES string of the molecule is Cc1cccnc1C(=O)NCc1cnn(C)c1N. The van der Waals surface area contributed by atoms with Crippen LogP contribution in [0.1, 0.15) is 21.6 Å². The quantitative estimate of drug-likeness (QED) is 0.830. The fourth-order valence-corrected chi connectivity index (χ4v) is 1.61. The molecule has 0 atom stereocenters. The van der Waals surface area contributed by atoms with E-state index in [-0.39, 0.29) is 5.91 Å². The Balaban J connectivity index is 2.05. The van der Waals surface area contributed by atoms with Crippen LogP contribution in [-0.2, 0) is 13.6 Å². The van der Waals surface area contributed by atoms with Crippen LogP contribution in [0.5, 0.6) is 0 Å². The van der Waals surface area contributed by atoms with Crippen molar-refractivity contribution in [2.24, 2.45) is 7.05 Å². The maximum atomic E-state index is 11.9. The maximum absolute atomic E-state index is 11.9. The summed E-state index contributed by atoms with van der Waals surface area (Å²) in [5.41, 5.74) is 7.85. The highest BCUT2D eigenvalue weighted by Crippen LogP contribution is 2.09. The van der Waals surface area contributed by atoms with Crippen LogP contribution in [0, 0.1) is 6.92 Å². The Morgan fingerprint density at radius 3 is 2.94 bits per heavy atom. The first-order valence-electron chi connectivity index (χ1n) is 5.55. The van der Waals surface area contributed by atoms with Crippen molar-refractivity contribution in [3.8, 4) is 0 Å². The predicted octanol–water partition coefficient (Wildman–Crippen LogP) is 0.636. The topological polar surface area (TPSA) is 85.8 Å². The molecule has 1 amide bonds. The molecule has 2 heterocycles. The van der Waals surface area contributed by atoms with Crippen LogP contribution < -0.4 is 11.1 Å². The maximum Gasteiger partial charge on any atom is 0.270 e. The molecule has 6 nitrogen and oxygen atoms in total. The monoisotopic (exact) mass is 245 g/mol. The fourth-order valence-electron chi connectivity index (χ4n) is 1.61. The Bertz CT molecular complexity index is 576. The third-order valence-electron chi connectivity index (χ3n) is 2.73. The van der Waals surface area contributed by atoms with Gasteiger partial charge in [-0.1, -0.05) is 6.07 Å². The van der Waals surface area contributed by atoms with Crippen LogP contribution in [0.4, 0.5) is 5.82 Å². The molecule has 0 unspecified atom stereocenters. The summed E-state index contributed by atoms with van der Waals surface area (Å²) in [5, 5.41) is 6.78. The van der Waals surface area contributed by atoms with Crippen LogP contribution in [0.2, 0.25) is 0 Å². The zero-order chi connectivity index (χ0) is 13.1. The number of nitrogens with one attached hydrogen (secondary N) is 1. The highest BCUT2D eigenvalue weighted by molar-refractivity contribution is 5.93. The van der Waals surface area contributed by atoms with Gasteiger partial charge in [0.1, 0.15) is 11.5 Å². The van der Waals surface area contributed by atoms with Crippen molar-refractivity contribution in [1.29, 1.82) is 0 Å². The molecule has 6 heteroatoms. The van der Waals surface area contributed by atoms with Gasteiger partial charge in [0.2, 0.25) is 0 Å². The number of nitrogens with two attached hydrogens (primary N) is 1. The van der Waals surface area contributed by atoms with E-state index < -0.39 is 0 Å². The Hall–Kier alpha value is -2.37. The first-order chi connectivity index (χ1) is 8.59. The molecule has 3 N–H and O–H groups in total. The first-order valence-corrected chi connectivity index (χ1v) is 5.55. The molecule has 0 saturated carbocycles. The van der Waals surface area contributed by atoms with Crippen molar-refractivity contribution in [3.63, 3.8) is 0 Å². The van der Waals surface area contributed by atoms with Gasteiger partial charge in [0, 0.05) is 25.4 Å². The van der Waals surface area contributed by atoms with Crippen LogP contribution >= 0.6 is 0 Å². The average Bonchev–Trinajstić information content (AvgIpc) is 2.68. The van der Waals surface area contributed by atoms with Gasteiger partial charge in [-0.05, 0) is 18.6 Å². The molecule has 0 fully saturated rings. The minimum atomic E-state index is -0.212. The van der Waals surface area contributed by atoms with Gasteiger partial charge in [0.25, 0.3) is 5.91 Å². The van der Waals surface area contributed by atoms with E-state index in [0.717, 1.165) is 11.1 Å². The third kappa shape index (κ3) is 2.32. The molecule has 0 aliphatic rings. The molecule has 0 aliphatic heterocycles. The molecule has 0 aromatic carbocycles. The van der Waals surface area contributed by atoms with Crippen molar-refractivity contribution in [1.82, 2.24) is 20.1 Å². The van der Waals surface area contributed by atoms with Crippen LogP contribution in [0.15, 0.2) is 24.5 Å². The normalized spacial score (nSPS) is 10.3. The number of pyridine rings is 1. The second kappa shape index (κ2) is 4.87. The number of hydrogen-bond acceptors (Lipinski definition) is 4. The third-order valence-corrected chi connectivity index (χ3v) is 2.73. The number of nitrogens with zero attached hydrogens (tertiary/aromatic N) is 3. The number of anilines is 1. The molecule has 2 aromatic rings. The van der Waals surface area contributed by atoms with Gasteiger partial charge in [-0.2, -0.15) is 5.10 Å². The van der Waals surface area contributed by atoms with E-state index in [9.17, 15) is 4.79 Å². The average molecular weight is 245 g/mol. The molecule has 0 radical (unpaired) electrons. The minimum absolute atomic E-state index is 0.212. The van der Waals surface area contributed by atoms with Gasteiger partial charge in [-0.15, -0.1) is 0 Å². The van der Waals surface area contributed by atoms with Crippen LogP contribution in [0.3, 0.4) is 0 Å². The number of aryl methyl sites for hydroxylation is 2. The van der Waals surface area contributed by atoms with E-state index in [0.29, 0.717) is 18.1 Å². The van der Waals surface area contributed by atoms with E-state index >= 15 is 0 Å². The summed E-state index contributed by atoms with van der Waals surface area (Å²) in [5.74, 6) is 0.337. The van der Waals surface area contributed by atoms with Gasteiger partial charge in [-0.25, -0.2) is 0 Å². The number of rotatable bonds is 3. The molecule has 94 valence electrons. The Kier molecular flexibility index (Phi) is 3.27. The summed E-state index contributed by atoms with van der Waals surface area (Å²) in [7, 11) is 1.75. The van der Waals surface area contributed by atoms with E-state index in [1.165, 1.54) is 0 Å². The highest BCUT2D eigenvalue weighted by atomic mass is 16.1. The Labute approximate surface area is 105 Å². The van der Waals surface area contributed by atoms with Crippen molar-refractivity contribution >= 4 is 11.7 Å². The van der Waals surface area contributed by atoms with Crippen molar-refractivity contribution in [2.75, 3.05) is 5.73 Å². The van der Waals surface area contributed by atoms with Crippen molar-refractivity contribution in [2.45, 2.75) is 13.5 Å². The first kappa shape index (κ1) is 12.1. The standard InChI is InChI=1S/C12H15N5O/c1-8-4-3-5-14-10(8)12(18)15-6-9-7-16-17(2)11(9)13/h3-5,7H,6,13H2,1-2H3,(H,15,18). The molecule has 2 aromatic heterocycles. The van der Waals surface area contributed by atoms with Gasteiger partial charge in [-0.3, -0.25) is 14.5 Å². The summed E-state index contributed by atoms with van der Waals surface area (Å²) < 4.78 is 1.56. The largest absolute Gasteiger partial charge is 0.384 e. The Morgan fingerprint density at radius 2 is 2.33 bits per heavy atom. The van der Waals surface area contributed by atoms with Gasteiger partial charge in [0.05, 0.1) is 6.20 Å².